The third-order valence-electron chi connectivity index (χ3n) is 2.95. The Kier molecular flexibility index (Phi) is 3.41. The maximum atomic E-state index is 11.2. The number of carboxylic acid groups (broad SMARTS) is 1. The van der Waals surface area contributed by atoms with Crippen LogP contribution in [0.4, 0.5) is 5.82 Å². The van der Waals surface area contributed by atoms with Crippen LogP contribution in [0, 0.1) is 0 Å². The SMILES string of the molecule is O=C(O)c1cc(N2CCCCCC2)n[nH]c1=O. The summed E-state index contributed by atoms with van der Waals surface area (Å²) in [5, 5.41) is 15.0. The Bertz CT molecular complexity index is 461. The smallest absolute Gasteiger partial charge is 0.341 e. The lowest BCUT2D eigenvalue weighted by Gasteiger charge is -2.20. The molecular weight excluding hydrogens is 222 g/mol. The molecule has 0 bridgehead atoms. The van der Waals surface area contributed by atoms with Crippen molar-refractivity contribution in [3.8, 4) is 0 Å². The van der Waals surface area contributed by atoms with Gasteiger partial charge in [-0.1, -0.05) is 12.8 Å². The average molecular weight is 237 g/mol. The van der Waals surface area contributed by atoms with Crippen LogP contribution in [0.1, 0.15) is 36.0 Å². The second kappa shape index (κ2) is 4.99. The van der Waals surface area contributed by atoms with E-state index in [2.05, 4.69) is 10.2 Å². The van der Waals surface area contributed by atoms with Gasteiger partial charge in [-0.3, -0.25) is 4.79 Å². The van der Waals surface area contributed by atoms with Gasteiger partial charge in [0.25, 0.3) is 5.56 Å². The summed E-state index contributed by atoms with van der Waals surface area (Å²) in [6, 6.07) is 1.35. The third kappa shape index (κ3) is 2.64. The van der Waals surface area contributed by atoms with Gasteiger partial charge in [0, 0.05) is 19.2 Å². The molecule has 1 aliphatic rings. The predicted molar refractivity (Wildman–Crippen MR) is 62.5 cm³/mol. The molecule has 0 spiro atoms. The van der Waals surface area contributed by atoms with Crippen LogP contribution in [0.25, 0.3) is 0 Å². The van der Waals surface area contributed by atoms with E-state index in [1.54, 1.807) is 0 Å². The number of carboxylic acids is 1. The Balaban J connectivity index is 2.28. The first kappa shape index (κ1) is 11.6. The normalized spacial score (nSPS) is 16.6. The van der Waals surface area contributed by atoms with Gasteiger partial charge in [0.05, 0.1) is 0 Å². The highest BCUT2D eigenvalue weighted by Gasteiger charge is 2.15. The molecule has 6 heteroatoms. The topological polar surface area (TPSA) is 86.3 Å². The van der Waals surface area contributed by atoms with Gasteiger partial charge in [-0.05, 0) is 12.8 Å². The van der Waals surface area contributed by atoms with Gasteiger partial charge in [0.1, 0.15) is 11.4 Å². The minimum Gasteiger partial charge on any atom is -0.477 e. The number of nitrogens with one attached hydrogen (secondary N) is 1. The molecule has 1 fully saturated rings. The number of aromatic amines is 1. The summed E-state index contributed by atoms with van der Waals surface area (Å²) in [5.74, 6) is -0.673. The van der Waals surface area contributed by atoms with Crippen molar-refractivity contribution in [2.45, 2.75) is 25.7 Å². The molecule has 0 aromatic carbocycles. The zero-order valence-corrected chi connectivity index (χ0v) is 9.48. The Morgan fingerprint density at radius 3 is 2.53 bits per heavy atom. The van der Waals surface area contributed by atoms with Crippen molar-refractivity contribution in [3.63, 3.8) is 0 Å². The number of anilines is 1. The summed E-state index contributed by atoms with van der Waals surface area (Å²) in [4.78, 5) is 24.1. The molecule has 92 valence electrons. The molecule has 0 aliphatic carbocycles. The lowest BCUT2D eigenvalue weighted by molar-refractivity contribution is 0.0694. The first-order valence-corrected chi connectivity index (χ1v) is 5.76. The van der Waals surface area contributed by atoms with Crippen LogP contribution in [0.15, 0.2) is 10.9 Å². The molecule has 0 saturated carbocycles. The van der Waals surface area contributed by atoms with Gasteiger partial charge < -0.3 is 10.0 Å². The molecule has 2 N–H and O–H groups in total. The number of hydrogen-bond acceptors (Lipinski definition) is 4. The first-order valence-electron chi connectivity index (χ1n) is 5.76. The average Bonchev–Trinajstić information content (AvgIpc) is 2.58. The molecule has 0 amide bonds. The van der Waals surface area contributed by atoms with Crippen molar-refractivity contribution < 1.29 is 9.90 Å². The quantitative estimate of drug-likeness (QED) is 0.796. The predicted octanol–water partition coefficient (Wildman–Crippen LogP) is 0.849. The van der Waals surface area contributed by atoms with E-state index in [0.29, 0.717) is 5.82 Å². The number of carbonyl (C=O) groups is 1. The monoisotopic (exact) mass is 237 g/mol. The molecule has 17 heavy (non-hydrogen) atoms. The second-order valence-electron chi connectivity index (χ2n) is 4.18. The van der Waals surface area contributed by atoms with Crippen LogP contribution in [-0.2, 0) is 0 Å². The molecule has 1 aromatic heterocycles. The minimum atomic E-state index is -1.22. The van der Waals surface area contributed by atoms with Crippen LogP contribution in [-0.4, -0.2) is 34.4 Å². The Hall–Kier alpha value is -1.85. The molecule has 0 atom stereocenters. The number of H-pyrrole nitrogens is 1. The van der Waals surface area contributed by atoms with Crippen LogP contribution >= 0.6 is 0 Å². The molecule has 2 heterocycles. The second-order valence-corrected chi connectivity index (χ2v) is 4.18. The number of hydrogen-bond donors (Lipinski definition) is 2. The summed E-state index contributed by atoms with van der Waals surface area (Å²) >= 11 is 0. The van der Waals surface area contributed by atoms with Gasteiger partial charge in [-0.2, -0.15) is 5.10 Å². The van der Waals surface area contributed by atoms with Gasteiger partial charge in [0.15, 0.2) is 0 Å². The standard InChI is InChI=1S/C11H15N3O3/c15-10-8(11(16)17)7-9(12-13-10)14-5-3-1-2-4-6-14/h7H,1-6H2,(H,13,15)(H,16,17). The van der Waals surface area contributed by atoms with Crippen molar-refractivity contribution in [1.29, 1.82) is 0 Å². The fraction of sp³-hybridized carbons (Fsp3) is 0.545. The Morgan fingerprint density at radius 1 is 1.29 bits per heavy atom. The van der Waals surface area contributed by atoms with E-state index in [9.17, 15) is 9.59 Å². The Morgan fingerprint density at radius 2 is 1.94 bits per heavy atom. The van der Waals surface area contributed by atoms with Crippen molar-refractivity contribution in [2.24, 2.45) is 0 Å². The lowest BCUT2D eigenvalue weighted by Crippen LogP contribution is -2.28. The van der Waals surface area contributed by atoms with Crippen LogP contribution in [0.2, 0.25) is 0 Å². The summed E-state index contributed by atoms with van der Waals surface area (Å²) in [7, 11) is 0. The fourth-order valence-corrected chi connectivity index (χ4v) is 2.02. The van der Waals surface area contributed by atoms with Crippen molar-refractivity contribution >= 4 is 11.8 Å². The third-order valence-corrected chi connectivity index (χ3v) is 2.95. The van der Waals surface area contributed by atoms with E-state index in [4.69, 9.17) is 5.11 Å². The van der Waals surface area contributed by atoms with Gasteiger partial charge in [-0.25, -0.2) is 9.89 Å². The van der Waals surface area contributed by atoms with Crippen molar-refractivity contribution in [1.82, 2.24) is 10.2 Å². The van der Waals surface area contributed by atoms with E-state index in [-0.39, 0.29) is 5.56 Å². The molecule has 2 rings (SSSR count). The maximum Gasteiger partial charge on any atom is 0.341 e. The van der Waals surface area contributed by atoms with Gasteiger partial charge in [-0.15, -0.1) is 0 Å². The van der Waals surface area contributed by atoms with E-state index >= 15 is 0 Å². The molecular formula is C11H15N3O3. The number of nitrogens with zero attached hydrogens (tertiary/aromatic N) is 2. The molecule has 6 nitrogen and oxygen atoms in total. The molecule has 1 aromatic rings. The highest BCUT2D eigenvalue weighted by molar-refractivity contribution is 5.87. The molecule has 1 saturated heterocycles. The van der Waals surface area contributed by atoms with Crippen LogP contribution in [0.3, 0.4) is 0 Å². The number of rotatable bonds is 2. The largest absolute Gasteiger partial charge is 0.477 e. The zero-order chi connectivity index (χ0) is 12.3. The summed E-state index contributed by atoms with van der Waals surface area (Å²) in [5.41, 5.74) is -0.907. The zero-order valence-electron chi connectivity index (χ0n) is 9.48. The van der Waals surface area contributed by atoms with Gasteiger partial charge in [0.2, 0.25) is 0 Å². The maximum absolute atomic E-state index is 11.2. The van der Waals surface area contributed by atoms with E-state index < -0.39 is 11.5 Å². The van der Waals surface area contributed by atoms with Crippen molar-refractivity contribution in [3.05, 3.63) is 22.0 Å². The number of aromatic nitrogens is 2. The lowest BCUT2D eigenvalue weighted by atomic mass is 10.2. The highest BCUT2D eigenvalue weighted by atomic mass is 16.4. The highest BCUT2D eigenvalue weighted by Crippen LogP contribution is 2.16. The van der Waals surface area contributed by atoms with Gasteiger partial charge >= 0.3 is 5.97 Å². The summed E-state index contributed by atoms with van der Waals surface area (Å²) in [6.45, 7) is 1.72. The number of aromatic carboxylic acids is 1. The Labute approximate surface area is 98.3 Å². The first-order chi connectivity index (χ1) is 8.18. The molecule has 1 aliphatic heterocycles. The molecule has 0 unspecified atom stereocenters. The van der Waals surface area contributed by atoms with Crippen LogP contribution < -0.4 is 10.5 Å². The van der Waals surface area contributed by atoms with Crippen molar-refractivity contribution in [2.75, 3.05) is 18.0 Å². The summed E-state index contributed by atoms with van der Waals surface area (Å²) < 4.78 is 0. The van der Waals surface area contributed by atoms with E-state index in [1.807, 2.05) is 4.90 Å². The minimum absolute atomic E-state index is 0.251. The van der Waals surface area contributed by atoms with Crippen LogP contribution in [0.5, 0.6) is 0 Å². The molecule has 0 radical (unpaired) electrons. The van der Waals surface area contributed by atoms with E-state index in [1.165, 1.54) is 18.9 Å². The van der Waals surface area contributed by atoms with E-state index in [0.717, 1.165) is 25.9 Å². The fourth-order valence-electron chi connectivity index (χ4n) is 2.02. The summed E-state index contributed by atoms with van der Waals surface area (Å²) in [6.07, 6.45) is 4.52.